The lowest BCUT2D eigenvalue weighted by atomic mass is 9.71. The molecule has 0 fully saturated rings. The minimum Gasteiger partial charge on any atom is -0.481 e. The molecule has 0 spiro atoms. The van der Waals surface area contributed by atoms with Crippen LogP contribution < -0.4 is 4.74 Å². The van der Waals surface area contributed by atoms with Crippen molar-refractivity contribution in [3.05, 3.63) is 132 Å². The van der Waals surface area contributed by atoms with Crippen molar-refractivity contribution >= 4 is 32.3 Å². The molecule has 2 aromatic heterocycles. The molecule has 0 aliphatic rings. The minimum absolute atomic E-state index is 0.367. The van der Waals surface area contributed by atoms with Gasteiger partial charge in [0.25, 0.3) is 0 Å². The topological polar surface area (TPSA) is 45.6 Å². The van der Waals surface area contributed by atoms with E-state index in [1.807, 2.05) is 55.4 Å². The third-order valence-corrected chi connectivity index (χ3v) is 9.06. The highest BCUT2D eigenvalue weighted by molar-refractivity contribution is 7.22. The van der Waals surface area contributed by atoms with E-state index in [-0.39, 0.29) is 5.82 Å². The summed E-state index contributed by atoms with van der Waals surface area (Å²) in [5.41, 5.74) is 2.60. The van der Waals surface area contributed by atoms with Crippen LogP contribution >= 0.6 is 11.3 Å². The van der Waals surface area contributed by atoms with Gasteiger partial charge in [-0.1, -0.05) is 66.7 Å². The summed E-state index contributed by atoms with van der Waals surface area (Å²) in [6.07, 6.45) is 0.367. The molecule has 6 aromatic rings. The fourth-order valence-electron chi connectivity index (χ4n) is 5.79. The molecule has 2 atom stereocenters. The van der Waals surface area contributed by atoms with Gasteiger partial charge in [0.2, 0.25) is 5.88 Å². The first kappa shape index (κ1) is 28.0. The van der Waals surface area contributed by atoms with Gasteiger partial charge >= 0.3 is 0 Å². The van der Waals surface area contributed by atoms with Crippen LogP contribution in [0.5, 0.6) is 5.88 Å². The minimum atomic E-state index is -1.46. The molecule has 0 aliphatic carbocycles. The lowest BCUT2D eigenvalue weighted by Crippen LogP contribution is -2.38. The Labute approximate surface area is 249 Å². The van der Waals surface area contributed by atoms with E-state index in [0.717, 1.165) is 27.6 Å². The fourth-order valence-corrected chi connectivity index (χ4v) is 6.85. The molecule has 6 rings (SSSR count). The maximum Gasteiger partial charge on any atom is 0.217 e. The van der Waals surface area contributed by atoms with Gasteiger partial charge in [-0.15, -0.1) is 11.3 Å². The zero-order chi connectivity index (χ0) is 29.3. The van der Waals surface area contributed by atoms with Crippen LogP contribution in [0, 0.1) is 5.82 Å². The quantitative estimate of drug-likeness (QED) is 0.188. The van der Waals surface area contributed by atoms with Crippen molar-refractivity contribution in [1.82, 2.24) is 9.88 Å². The van der Waals surface area contributed by atoms with E-state index in [1.54, 1.807) is 30.6 Å². The van der Waals surface area contributed by atoms with Crippen LogP contribution in [0.15, 0.2) is 109 Å². The second-order valence-electron chi connectivity index (χ2n) is 11.0. The van der Waals surface area contributed by atoms with E-state index in [1.165, 1.54) is 27.1 Å². The first-order valence-electron chi connectivity index (χ1n) is 14.0. The molecule has 212 valence electrons. The average Bonchev–Trinajstić information content (AvgIpc) is 3.45. The number of aliphatic hydroxyl groups is 1. The van der Waals surface area contributed by atoms with Crippen LogP contribution in [0.3, 0.4) is 0 Å². The number of aromatic nitrogens is 1. The molecule has 42 heavy (non-hydrogen) atoms. The van der Waals surface area contributed by atoms with Crippen LogP contribution in [0.25, 0.3) is 31.4 Å². The zero-order valence-electron chi connectivity index (χ0n) is 23.9. The number of hydrogen-bond donors (Lipinski definition) is 1. The van der Waals surface area contributed by atoms with Crippen LogP contribution in [0.1, 0.15) is 29.0 Å². The summed E-state index contributed by atoms with van der Waals surface area (Å²) in [4.78, 5) is 8.13. The third-order valence-electron chi connectivity index (χ3n) is 7.90. The summed E-state index contributed by atoms with van der Waals surface area (Å²) < 4.78 is 21.8. The number of thiophene rings is 1. The van der Waals surface area contributed by atoms with Gasteiger partial charge < -0.3 is 14.7 Å². The van der Waals surface area contributed by atoms with Gasteiger partial charge in [-0.3, -0.25) is 0 Å². The highest BCUT2D eigenvalue weighted by Gasteiger charge is 2.42. The second-order valence-corrected chi connectivity index (χ2v) is 12.1. The smallest absolute Gasteiger partial charge is 0.217 e. The predicted octanol–water partition coefficient (Wildman–Crippen LogP) is 8.24. The monoisotopic (exact) mass is 576 g/mol. The van der Waals surface area contributed by atoms with Crippen molar-refractivity contribution in [2.75, 3.05) is 27.7 Å². The Morgan fingerprint density at radius 3 is 2.40 bits per heavy atom. The molecule has 0 aliphatic heterocycles. The summed E-state index contributed by atoms with van der Waals surface area (Å²) in [5, 5.41) is 14.9. The molecule has 1 N–H and O–H groups in total. The maximum atomic E-state index is 14.6. The second kappa shape index (κ2) is 11.6. The lowest BCUT2D eigenvalue weighted by Gasteiger charge is -2.39. The molecule has 2 heterocycles. The number of hydrogen-bond acceptors (Lipinski definition) is 5. The fraction of sp³-hybridized carbons (Fsp3) is 0.194. The summed E-state index contributed by atoms with van der Waals surface area (Å²) in [5.74, 6) is -0.537. The van der Waals surface area contributed by atoms with Crippen LogP contribution in [0.4, 0.5) is 4.39 Å². The van der Waals surface area contributed by atoms with E-state index in [9.17, 15) is 9.50 Å². The Kier molecular flexibility index (Phi) is 7.78. The Hall–Kier alpha value is -4.10. The van der Waals surface area contributed by atoms with Crippen molar-refractivity contribution < 1.29 is 14.2 Å². The highest BCUT2D eigenvalue weighted by Crippen LogP contribution is 2.47. The van der Waals surface area contributed by atoms with E-state index < -0.39 is 11.5 Å². The van der Waals surface area contributed by atoms with E-state index in [4.69, 9.17) is 9.72 Å². The summed E-state index contributed by atoms with van der Waals surface area (Å²) in [7, 11) is 5.54. The number of benzene rings is 4. The molecule has 4 nitrogen and oxygen atoms in total. The van der Waals surface area contributed by atoms with Crippen LogP contribution in [-0.2, 0) is 5.60 Å². The van der Waals surface area contributed by atoms with Gasteiger partial charge in [0.1, 0.15) is 11.4 Å². The van der Waals surface area contributed by atoms with Gasteiger partial charge in [-0.25, -0.2) is 9.37 Å². The van der Waals surface area contributed by atoms with Gasteiger partial charge in [0, 0.05) is 33.0 Å². The molecule has 0 saturated heterocycles. The average molecular weight is 577 g/mol. The standard InChI is InChI=1S/C36H33FN2O2S/c1-39(2)19-18-36(40,28-13-9-14-29(37)23-28)34(24-10-5-4-6-11-24)30-21-27-20-26(16-17-31(27)38-35(30)41-3)33-22-25-12-7-8-15-32(25)42-33/h4-17,20-23,34,40H,18-19H2,1-3H3. The van der Waals surface area contributed by atoms with Crippen molar-refractivity contribution in [3.63, 3.8) is 0 Å². The first-order chi connectivity index (χ1) is 20.4. The molecule has 0 amide bonds. The number of pyridine rings is 1. The molecule has 0 radical (unpaired) electrons. The molecule has 4 aromatic carbocycles. The van der Waals surface area contributed by atoms with Crippen molar-refractivity contribution in [1.29, 1.82) is 0 Å². The number of fused-ring (bicyclic) bond motifs is 2. The number of rotatable bonds is 9. The van der Waals surface area contributed by atoms with Gasteiger partial charge in [-0.2, -0.15) is 0 Å². The third kappa shape index (κ3) is 5.41. The Balaban J connectivity index is 1.57. The normalized spacial score (nSPS) is 13.9. The first-order valence-corrected chi connectivity index (χ1v) is 14.8. The van der Waals surface area contributed by atoms with Crippen LogP contribution in [0.2, 0.25) is 0 Å². The van der Waals surface area contributed by atoms with Crippen molar-refractivity contribution in [2.24, 2.45) is 0 Å². The summed E-state index contributed by atoms with van der Waals surface area (Å²) in [6, 6.07) is 35.1. The van der Waals surface area contributed by atoms with E-state index in [0.29, 0.717) is 24.4 Å². The van der Waals surface area contributed by atoms with Gasteiger partial charge in [-0.05, 0) is 85.1 Å². The number of nitrogens with zero attached hydrogens (tertiary/aromatic N) is 2. The van der Waals surface area contributed by atoms with Crippen molar-refractivity contribution in [2.45, 2.75) is 17.9 Å². The summed E-state index contributed by atoms with van der Waals surface area (Å²) >= 11 is 1.76. The van der Waals surface area contributed by atoms with E-state index >= 15 is 0 Å². The molecule has 0 saturated carbocycles. The Bertz CT molecular complexity index is 1820. The predicted molar refractivity (Wildman–Crippen MR) is 171 cm³/mol. The van der Waals surface area contributed by atoms with Crippen molar-refractivity contribution in [3.8, 4) is 16.3 Å². The van der Waals surface area contributed by atoms with Gasteiger partial charge in [0.15, 0.2) is 0 Å². The van der Waals surface area contributed by atoms with Crippen LogP contribution in [-0.4, -0.2) is 42.7 Å². The van der Waals surface area contributed by atoms with E-state index in [2.05, 4.69) is 48.5 Å². The van der Waals surface area contributed by atoms with Gasteiger partial charge in [0.05, 0.1) is 12.6 Å². The molecular formula is C36H33FN2O2S. The zero-order valence-corrected chi connectivity index (χ0v) is 24.7. The molecular weight excluding hydrogens is 543 g/mol. The molecule has 2 unspecified atom stereocenters. The largest absolute Gasteiger partial charge is 0.481 e. The number of halogens is 1. The SMILES string of the molecule is COc1nc2ccc(-c3cc4ccccc4s3)cc2cc1C(c1ccccc1)C(O)(CCN(C)C)c1cccc(F)c1. The molecule has 0 bridgehead atoms. The summed E-state index contributed by atoms with van der Waals surface area (Å²) in [6.45, 7) is 0.593. The lowest BCUT2D eigenvalue weighted by molar-refractivity contribution is 0.00354. The Morgan fingerprint density at radius 2 is 1.67 bits per heavy atom. The molecule has 6 heteroatoms. The Morgan fingerprint density at radius 1 is 0.881 bits per heavy atom. The number of methoxy groups -OCH3 is 1. The maximum absolute atomic E-state index is 14.6. The highest BCUT2D eigenvalue weighted by atomic mass is 32.1. The number of ether oxygens (including phenoxy) is 1.